The zero-order valence-corrected chi connectivity index (χ0v) is 9.04. The second-order valence-electron chi connectivity index (χ2n) is 2.98. The van der Waals surface area contributed by atoms with Gasteiger partial charge in [0, 0.05) is 6.20 Å². The molecule has 0 aliphatic carbocycles. The Bertz CT molecular complexity index is 328. The highest BCUT2D eigenvalue weighted by atomic mass is 32.2. The summed E-state index contributed by atoms with van der Waals surface area (Å²) in [5, 5.41) is 9.28. The highest BCUT2D eigenvalue weighted by Crippen LogP contribution is 2.25. The molecule has 4 heteroatoms. The van der Waals surface area contributed by atoms with Crippen molar-refractivity contribution in [1.29, 1.82) is 0 Å². The number of carbonyl (C=O) groups is 1. The Labute approximate surface area is 87.6 Å². The van der Waals surface area contributed by atoms with Gasteiger partial charge in [-0.05, 0) is 25.0 Å². The summed E-state index contributed by atoms with van der Waals surface area (Å²) in [6.45, 7) is 3.80. The van der Waals surface area contributed by atoms with Crippen LogP contribution in [0.5, 0.6) is 0 Å². The number of aliphatic carboxylic acids is 1. The van der Waals surface area contributed by atoms with E-state index in [2.05, 4.69) is 4.98 Å². The van der Waals surface area contributed by atoms with Gasteiger partial charge < -0.3 is 5.11 Å². The highest BCUT2D eigenvalue weighted by molar-refractivity contribution is 8.00. The van der Waals surface area contributed by atoms with Crippen LogP contribution < -0.4 is 0 Å². The van der Waals surface area contributed by atoms with Crippen LogP contribution in [0, 0.1) is 6.92 Å². The van der Waals surface area contributed by atoms with Gasteiger partial charge in [-0.1, -0.05) is 24.8 Å². The molecule has 1 aromatic heterocycles. The second-order valence-corrected chi connectivity index (χ2v) is 4.17. The van der Waals surface area contributed by atoms with Crippen LogP contribution in [0.15, 0.2) is 23.4 Å². The zero-order valence-electron chi connectivity index (χ0n) is 8.23. The van der Waals surface area contributed by atoms with Crippen LogP contribution in [0.25, 0.3) is 0 Å². The maximum absolute atomic E-state index is 10.8. The van der Waals surface area contributed by atoms with E-state index in [1.807, 2.05) is 26.0 Å². The lowest BCUT2D eigenvalue weighted by Gasteiger charge is -2.09. The lowest BCUT2D eigenvalue weighted by molar-refractivity contribution is -0.136. The van der Waals surface area contributed by atoms with Crippen molar-refractivity contribution in [1.82, 2.24) is 4.98 Å². The largest absolute Gasteiger partial charge is 0.480 e. The molecule has 0 bridgehead atoms. The maximum Gasteiger partial charge on any atom is 0.317 e. The fourth-order valence-electron chi connectivity index (χ4n) is 1.04. The van der Waals surface area contributed by atoms with Crippen molar-refractivity contribution in [3.05, 3.63) is 23.9 Å². The molecule has 1 heterocycles. The number of aromatic nitrogens is 1. The molecule has 0 radical (unpaired) electrons. The predicted octanol–water partition coefficient (Wildman–Crippen LogP) is 2.35. The molecule has 0 aromatic carbocycles. The van der Waals surface area contributed by atoms with E-state index in [1.54, 1.807) is 6.20 Å². The molecule has 76 valence electrons. The molecule has 14 heavy (non-hydrogen) atoms. The van der Waals surface area contributed by atoms with Crippen molar-refractivity contribution in [2.45, 2.75) is 30.5 Å². The summed E-state index contributed by atoms with van der Waals surface area (Å²) < 4.78 is 0. The minimum Gasteiger partial charge on any atom is -0.480 e. The third kappa shape index (κ3) is 2.73. The molecule has 1 rings (SSSR count). The Hall–Kier alpha value is -1.03. The number of carboxylic acids is 1. The average molecular weight is 211 g/mol. The van der Waals surface area contributed by atoms with E-state index in [9.17, 15) is 4.79 Å². The zero-order chi connectivity index (χ0) is 10.6. The SMILES string of the molecule is CCC(Sc1ncccc1C)C(=O)O. The fraction of sp³-hybridized carbons (Fsp3) is 0.400. The minimum atomic E-state index is -0.775. The Balaban J connectivity index is 2.77. The van der Waals surface area contributed by atoms with Crippen LogP contribution >= 0.6 is 11.8 Å². The number of thioether (sulfide) groups is 1. The predicted molar refractivity (Wildman–Crippen MR) is 56.5 cm³/mol. The van der Waals surface area contributed by atoms with Gasteiger partial charge in [0.05, 0.1) is 5.03 Å². The minimum absolute atomic E-state index is 0.399. The first kappa shape index (κ1) is 11.0. The molecule has 0 saturated heterocycles. The van der Waals surface area contributed by atoms with Crippen molar-refractivity contribution < 1.29 is 9.90 Å². The first-order chi connectivity index (χ1) is 6.65. The van der Waals surface area contributed by atoms with Gasteiger partial charge in [-0.3, -0.25) is 4.79 Å². The standard InChI is InChI=1S/C10H13NO2S/c1-3-8(10(12)13)14-9-7(2)5-4-6-11-9/h4-6,8H,3H2,1-2H3,(H,12,13). The summed E-state index contributed by atoms with van der Waals surface area (Å²) in [5.74, 6) is -0.775. The van der Waals surface area contributed by atoms with Crippen LogP contribution in [0.1, 0.15) is 18.9 Å². The van der Waals surface area contributed by atoms with Crippen LogP contribution in [-0.2, 0) is 4.79 Å². The normalized spacial score (nSPS) is 12.4. The Kier molecular flexibility index (Phi) is 3.95. The number of rotatable bonds is 4. The topological polar surface area (TPSA) is 50.2 Å². The van der Waals surface area contributed by atoms with Gasteiger partial charge in [-0.2, -0.15) is 0 Å². The van der Waals surface area contributed by atoms with Crippen molar-refractivity contribution in [3.8, 4) is 0 Å². The molecule has 0 aliphatic rings. The Morgan fingerprint density at radius 3 is 2.93 bits per heavy atom. The summed E-state index contributed by atoms with van der Waals surface area (Å²) in [7, 11) is 0. The first-order valence-corrected chi connectivity index (χ1v) is 5.34. The van der Waals surface area contributed by atoms with Gasteiger partial charge in [0.25, 0.3) is 0 Å². The molecule has 1 aromatic rings. The molecule has 0 spiro atoms. The molecule has 1 N–H and O–H groups in total. The number of pyridine rings is 1. The van der Waals surface area contributed by atoms with E-state index in [4.69, 9.17) is 5.11 Å². The van der Waals surface area contributed by atoms with Gasteiger partial charge in [-0.25, -0.2) is 4.98 Å². The van der Waals surface area contributed by atoms with E-state index < -0.39 is 11.2 Å². The third-order valence-corrected chi connectivity index (χ3v) is 3.33. The Morgan fingerprint density at radius 2 is 2.43 bits per heavy atom. The lowest BCUT2D eigenvalue weighted by Crippen LogP contribution is -2.15. The molecule has 0 amide bonds. The Morgan fingerprint density at radius 1 is 1.71 bits per heavy atom. The molecule has 1 unspecified atom stereocenters. The number of nitrogens with zero attached hydrogens (tertiary/aromatic N) is 1. The average Bonchev–Trinajstić information content (AvgIpc) is 2.16. The number of aryl methyl sites for hydroxylation is 1. The van der Waals surface area contributed by atoms with Crippen molar-refractivity contribution >= 4 is 17.7 Å². The van der Waals surface area contributed by atoms with Crippen molar-refractivity contribution in [2.24, 2.45) is 0 Å². The van der Waals surface area contributed by atoms with Crippen molar-refractivity contribution in [3.63, 3.8) is 0 Å². The molecule has 0 saturated carbocycles. The van der Waals surface area contributed by atoms with Crippen LogP contribution in [0.4, 0.5) is 0 Å². The maximum atomic E-state index is 10.8. The second kappa shape index (κ2) is 5.00. The number of carboxylic acid groups (broad SMARTS) is 1. The van der Waals surface area contributed by atoms with Gasteiger partial charge >= 0.3 is 5.97 Å². The molecule has 1 atom stereocenters. The first-order valence-electron chi connectivity index (χ1n) is 4.46. The van der Waals surface area contributed by atoms with E-state index in [-0.39, 0.29) is 0 Å². The summed E-state index contributed by atoms with van der Waals surface area (Å²) >= 11 is 1.31. The molecular weight excluding hydrogens is 198 g/mol. The van der Waals surface area contributed by atoms with Crippen LogP contribution in [-0.4, -0.2) is 21.3 Å². The van der Waals surface area contributed by atoms with Gasteiger partial charge in [-0.15, -0.1) is 0 Å². The monoisotopic (exact) mass is 211 g/mol. The van der Waals surface area contributed by atoms with E-state index in [0.29, 0.717) is 6.42 Å². The van der Waals surface area contributed by atoms with Gasteiger partial charge in [0.1, 0.15) is 5.25 Å². The van der Waals surface area contributed by atoms with Crippen LogP contribution in [0.2, 0.25) is 0 Å². The summed E-state index contributed by atoms with van der Waals surface area (Å²) in [5.41, 5.74) is 1.03. The van der Waals surface area contributed by atoms with E-state index >= 15 is 0 Å². The lowest BCUT2D eigenvalue weighted by atomic mass is 10.3. The molecule has 0 fully saturated rings. The third-order valence-electron chi connectivity index (χ3n) is 1.86. The smallest absolute Gasteiger partial charge is 0.317 e. The molecule has 0 aliphatic heterocycles. The number of hydrogen-bond donors (Lipinski definition) is 1. The molecule has 3 nitrogen and oxygen atoms in total. The number of hydrogen-bond acceptors (Lipinski definition) is 3. The van der Waals surface area contributed by atoms with E-state index in [1.165, 1.54) is 11.8 Å². The fourth-order valence-corrected chi connectivity index (χ4v) is 1.95. The van der Waals surface area contributed by atoms with Crippen LogP contribution in [0.3, 0.4) is 0 Å². The van der Waals surface area contributed by atoms with Gasteiger partial charge in [0.2, 0.25) is 0 Å². The van der Waals surface area contributed by atoms with Gasteiger partial charge in [0.15, 0.2) is 0 Å². The summed E-state index contributed by atoms with van der Waals surface area (Å²) in [6.07, 6.45) is 2.29. The highest BCUT2D eigenvalue weighted by Gasteiger charge is 2.17. The van der Waals surface area contributed by atoms with E-state index in [0.717, 1.165) is 10.6 Å². The molecular formula is C10H13NO2S. The summed E-state index contributed by atoms with van der Waals surface area (Å²) in [6, 6.07) is 3.78. The quantitative estimate of drug-likeness (QED) is 0.777. The summed E-state index contributed by atoms with van der Waals surface area (Å²) in [4.78, 5) is 14.9. The van der Waals surface area contributed by atoms with Crippen molar-refractivity contribution in [2.75, 3.05) is 0 Å².